The number of hydrogen-bond donors (Lipinski definition) is 1. The number of fused-ring (bicyclic) bond motifs is 1. The molecule has 0 unspecified atom stereocenters. The predicted molar refractivity (Wildman–Crippen MR) is 95.7 cm³/mol. The van der Waals surface area contributed by atoms with Gasteiger partial charge in [-0.25, -0.2) is 0 Å². The van der Waals surface area contributed by atoms with E-state index in [4.69, 9.17) is 0 Å². The normalized spacial score (nSPS) is 14.6. The van der Waals surface area contributed by atoms with Gasteiger partial charge >= 0.3 is 0 Å². The summed E-state index contributed by atoms with van der Waals surface area (Å²) in [4.78, 5) is 6.71. The van der Waals surface area contributed by atoms with Crippen LogP contribution in [0.15, 0.2) is 29.3 Å². The van der Waals surface area contributed by atoms with Gasteiger partial charge in [-0.05, 0) is 23.8 Å². The smallest absolute Gasteiger partial charge is 0.193 e. The van der Waals surface area contributed by atoms with Crippen LogP contribution in [0.2, 0.25) is 0 Å². The van der Waals surface area contributed by atoms with Crippen LogP contribution >= 0.6 is 35.7 Å². The Bertz CT molecular complexity index is 423. The predicted octanol–water partition coefficient (Wildman–Crippen LogP) is 2.60. The maximum absolute atomic E-state index is 4.38. The molecule has 0 saturated carbocycles. The summed E-state index contributed by atoms with van der Waals surface area (Å²) in [5, 5.41) is 3.43. The fourth-order valence-electron chi connectivity index (χ4n) is 2.27. The topological polar surface area (TPSA) is 27.6 Å². The molecule has 0 aliphatic carbocycles. The third-order valence-electron chi connectivity index (χ3n) is 3.23. The molecule has 1 heterocycles. The molecular weight excluding hydrogens is 369 g/mol. The maximum atomic E-state index is 4.38. The van der Waals surface area contributed by atoms with Crippen LogP contribution < -0.4 is 5.32 Å². The van der Waals surface area contributed by atoms with Gasteiger partial charge in [0.05, 0.1) is 0 Å². The van der Waals surface area contributed by atoms with Gasteiger partial charge < -0.3 is 10.2 Å². The minimum atomic E-state index is 0. The van der Waals surface area contributed by atoms with Gasteiger partial charge in [0.2, 0.25) is 0 Å². The molecule has 1 aliphatic heterocycles. The zero-order valence-corrected chi connectivity index (χ0v) is 14.7. The van der Waals surface area contributed by atoms with Gasteiger partial charge in [0.25, 0.3) is 0 Å². The number of halogens is 1. The first-order valence-electron chi connectivity index (χ1n) is 6.36. The van der Waals surface area contributed by atoms with Crippen molar-refractivity contribution in [1.29, 1.82) is 0 Å². The van der Waals surface area contributed by atoms with E-state index in [1.165, 1.54) is 11.1 Å². The van der Waals surface area contributed by atoms with Crippen molar-refractivity contribution in [2.24, 2.45) is 4.99 Å². The van der Waals surface area contributed by atoms with Crippen LogP contribution in [0.1, 0.15) is 11.1 Å². The quantitative estimate of drug-likeness (QED) is 0.372. The second kappa shape index (κ2) is 8.68. The van der Waals surface area contributed by atoms with E-state index in [9.17, 15) is 0 Å². The number of benzene rings is 1. The van der Waals surface area contributed by atoms with Crippen LogP contribution in [0.3, 0.4) is 0 Å². The van der Waals surface area contributed by atoms with E-state index in [0.29, 0.717) is 0 Å². The Balaban J connectivity index is 0.00000180. The summed E-state index contributed by atoms with van der Waals surface area (Å²) in [7, 11) is 1.86. The number of rotatable bonds is 3. The van der Waals surface area contributed by atoms with Crippen molar-refractivity contribution in [1.82, 2.24) is 10.2 Å². The molecule has 19 heavy (non-hydrogen) atoms. The lowest BCUT2D eigenvalue weighted by molar-refractivity contribution is 0.380. The SMILES string of the molecule is CN=C(NCCSC)N1CCc2ccccc2C1.I. The molecular formula is C14H22IN3S. The molecule has 0 atom stereocenters. The van der Waals surface area contributed by atoms with E-state index < -0.39 is 0 Å². The molecule has 0 fully saturated rings. The van der Waals surface area contributed by atoms with E-state index in [1.807, 2.05) is 18.8 Å². The molecule has 106 valence electrons. The molecule has 1 aromatic rings. The third-order valence-corrected chi connectivity index (χ3v) is 3.84. The van der Waals surface area contributed by atoms with Gasteiger partial charge in [0.15, 0.2) is 5.96 Å². The van der Waals surface area contributed by atoms with Crippen LogP contribution in [0.4, 0.5) is 0 Å². The van der Waals surface area contributed by atoms with Gasteiger partial charge in [-0.3, -0.25) is 4.99 Å². The molecule has 0 radical (unpaired) electrons. The Morgan fingerprint density at radius 1 is 1.37 bits per heavy atom. The summed E-state index contributed by atoms with van der Waals surface area (Å²) < 4.78 is 0. The molecule has 1 aromatic carbocycles. The lowest BCUT2D eigenvalue weighted by atomic mass is 10.0. The van der Waals surface area contributed by atoms with Crippen LogP contribution in [0.5, 0.6) is 0 Å². The van der Waals surface area contributed by atoms with Gasteiger partial charge in [-0.2, -0.15) is 11.8 Å². The highest BCUT2D eigenvalue weighted by Crippen LogP contribution is 2.18. The Labute approximate surface area is 137 Å². The van der Waals surface area contributed by atoms with Gasteiger partial charge in [-0.1, -0.05) is 24.3 Å². The van der Waals surface area contributed by atoms with Gasteiger partial charge in [0, 0.05) is 32.4 Å². The zero-order valence-electron chi connectivity index (χ0n) is 11.6. The summed E-state index contributed by atoms with van der Waals surface area (Å²) >= 11 is 1.85. The second-order valence-corrected chi connectivity index (χ2v) is 5.39. The molecule has 0 spiro atoms. The summed E-state index contributed by atoms with van der Waals surface area (Å²) in [6.45, 7) is 3.00. The molecule has 0 saturated heterocycles. The van der Waals surface area contributed by atoms with Crippen molar-refractivity contribution in [3.05, 3.63) is 35.4 Å². The van der Waals surface area contributed by atoms with Gasteiger partial charge in [-0.15, -0.1) is 24.0 Å². The maximum Gasteiger partial charge on any atom is 0.193 e. The van der Waals surface area contributed by atoms with Crippen LogP contribution in [-0.4, -0.2) is 43.0 Å². The standard InChI is InChI=1S/C14H21N3S.HI/c1-15-14(16-8-10-18-2)17-9-7-12-5-3-4-6-13(12)11-17;/h3-6H,7-11H2,1-2H3,(H,15,16);1H. The van der Waals surface area contributed by atoms with Crippen LogP contribution in [0.25, 0.3) is 0 Å². The van der Waals surface area contributed by atoms with Crippen molar-refractivity contribution in [2.45, 2.75) is 13.0 Å². The number of hydrogen-bond acceptors (Lipinski definition) is 2. The summed E-state index contributed by atoms with van der Waals surface area (Å²) in [5.41, 5.74) is 2.91. The fraction of sp³-hybridized carbons (Fsp3) is 0.500. The average Bonchev–Trinajstić information content (AvgIpc) is 2.43. The first-order chi connectivity index (χ1) is 8.85. The van der Waals surface area contributed by atoms with E-state index in [-0.39, 0.29) is 24.0 Å². The molecule has 3 nitrogen and oxygen atoms in total. The molecule has 5 heteroatoms. The third kappa shape index (κ3) is 4.56. The van der Waals surface area contributed by atoms with Crippen molar-refractivity contribution >= 4 is 41.7 Å². The Kier molecular flexibility index (Phi) is 7.60. The number of aliphatic imine (C=N–C) groups is 1. The number of thioether (sulfide) groups is 1. The molecule has 0 amide bonds. The average molecular weight is 391 g/mol. The second-order valence-electron chi connectivity index (χ2n) is 4.41. The number of nitrogens with one attached hydrogen (secondary N) is 1. The van der Waals surface area contributed by atoms with Crippen molar-refractivity contribution in [3.63, 3.8) is 0 Å². The molecule has 1 aliphatic rings. The molecule has 0 bridgehead atoms. The number of nitrogens with zero attached hydrogens (tertiary/aromatic N) is 2. The van der Waals surface area contributed by atoms with E-state index in [0.717, 1.165) is 37.8 Å². The Morgan fingerprint density at radius 3 is 2.79 bits per heavy atom. The van der Waals surface area contributed by atoms with E-state index in [2.05, 4.69) is 45.7 Å². The molecule has 2 rings (SSSR count). The summed E-state index contributed by atoms with van der Waals surface area (Å²) in [6.07, 6.45) is 3.24. The summed E-state index contributed by atoms with van der Waals surface area (Å²) in [6, 6.07) is 8.69. The highest BCUT2D eigenvalue weighted by Gasteiger charge is 2.18. The highest BCUT2D eigenvalue weighted by molar-refractivity contribution is 14.0. The molecule has 1 N–H and O–H groups in total. The minimum Gasteiger partial charge on any atom is -0.355 e. The fourth-order valence-corrected chi connectivity index (χ4v) is 2.58. The van der Waals surface area contributed by atoms with Crippen molar-refractivity contribution in [2.75, 3.05) is 32.1 Å². The van der Waals surface area contributed by atoms with E-state index >= 15 is 0 Å². The largest absolute Gasteiger partial charge is 0.355 e. The molecule has 0 aromatic heterocycles. The lowest BCUT2D eigenvalue weighted by Crippen LogP contribution is -2.44. The van der Waals surface area contributed by atoms with Gasteiger partial charge in [0.1, 0.15) is 0 Å². The van der Waals surface area contributed by atoms with Crippen molar-refractivity contribution in [3.8, 4) is 0 Å². The van der Waals surface area contributed by atoms with Crippen molar-refractivity contribution < 1.29 is 0 Å². The minimum absolute atomic E-state index is 0. The van der Waals surface area contributed by atoms with Crippen LogP contribution in [0, 0.1) is 0 Å². The highest BCUT2D eigenvalue weighted by atomic mass is 127. The monoisotopic (exact) mass is 391 g/mol. The zero-order chi connectivity index (χ0) is 12.8. The van der Waals surface area contributed by atoms with Crippen LogP contribution in [-0.2, 0) is 13.0 Å². The Morgan fingerprint density at radius 2 is 2.11 bits per heavy atom. The first-order valence-corrected chi connectivity index (χ1v) is 7.76. The summed E-state index contributed by atoms with van der Waals surface area (Å²) in [5.74, 6) is 2.14. The number of guanidine groups is 1. The lowest BCUT2D eigenvalue weighted by Gasteiger charge is -2.31. The first kappa shape index (κ1) is 16.6. The van der Waals surface area contributed by atoms with E-state index in [1.54, 1.807) is 0 Å². The Hall–Kier alpha value is -0.430.